The molecule has 1 aromatic carbocycles. The van der Waals surface area contributed by atoms with Gasteiger partial charge in [0.2, 0.25) is 0 Å². The number of nitro groups is 1. The molecule has 2 amide bonds. The summed E-state index contributed by atoms with van der Waals surface area (Å²) in [5, 5.41) is 13.7. The molecule has 2 aromatic rings. The summed E-state index contributed by atoms with van der Waals surface area (Å²) in [5.41, 5.74) is -0.519. The van der Waals surface area contributed by atoms with E-state index in [-0.39, 0.29) is 30.1 Å². The quantitative estimate of drug-likeness (QED) is 0.319. The van der Waals surface area contributed by atoms with Crippen LogP contribution < -0.4 is 5.32 Å². The first-order chi connectivity index (χ1) is 15.8. The lowest BCUT2D eigenvalue weighted by molar-refractivity contribution is -0.385. The molecule has 0 unspecified atom stereocenters. The minimum atomic E-state index is -3.75. The monoisotopic (exact) mass is 492 g/mol. The number of carbonyl (C=O) groups excluding carboxylic acids is 2. The average Bonchev–Trinajstić information content (AvgIpc) is 2.74. The number of hydrogen-bond acceptors (Lipinski definition) is 8. The zero-order chi connectivity index (χ0) is 25.5. The fourth-order valence-electron chi connectivity index (χ4n) is 2.88. The Balaban J connectivity index is 2.05. The average molecular weight is 493 g/mol. The van der Waals surface area contributed by atoms with Gasteiger partial charge in [-0.15, -0.1) is 0 Å². The Morgan fingerprint density at radius 3 is 2.50 bits per heavy atom. The molecule has 1 aromatic heterocycles. The summed E-state index contributed by atoms with van der Waals surface area (Å²) < 4.78 is 29.1. The van der Waals surface area contributed by atoms with Gasteiger partial charge in [0.25, 0.3) is 11.6 Å². The maximum absolute atomic E-state index is 12.6. The van der Waals surface area contributed by atoms with E-state index in [2.05, 4.69) is 10.3 Å². The van der Waals surface area contributed by atoms with Gasteiger partial charge in [0.15, 0.2) is 9.84 Å². The van der Waals surface area contributed by atoms with Gasteiger partial charge >= 0.3 is 6.09 Å². The molecule has 0 aliphatic carbocycles. The number of hydrogen-bond donors (Lipinski definition) is 1. The number of amides is 2. The zero-order valence-electron chi connectivity index (χ0n) is 19.5. The number of nitrogens with one attached hydrogen (secondary N) is 1. The lowest BCUT2D eigenvalue weighted by atomic mass is 10.2. The number of sulfone groups is 1. The van der Waals surface area contributed by atoms with Crippen LogP contribution in [0.15, 0.2) is 47.6 Å². The van der Waals surface area contributed by atoms with E-state index >= 15 is 0 Å². The number of carbonyl (C=O) groups is 2. The third-order valence-electron chi connectivity index (χ3n) is 4.43. The first kappa shape index (κ1) is 26.7. The summed E-state index contributed by atoms with van der Waals surface area (Å²) in [5.74, 6) is -0.662. The fourth-order valence-corrected chi connectivity index (χ4v) is 3.56. The lowest BCUT2D eigenvalue weighted by Gasteiger charge is -2.27. The van der Waals surface area contributed by atoms with E-state index in [0.29, 0.717) is 6.42 Å². The van der Waals surface area contributed by atoms with Crippen LogP contribution in [0.2, 0.25) is 0 Å². The van der Waals surface area contributed by atoms with Crippen LogP contribution >= 0.6 is 0 Å². The first-order valence-electron chi connectivity index (χ1n) is 10.4. The van der Waals surface area contributed by atoms with E-state index in [9.17, 15) is 28.1 Å². The van der Waals surface area contributed by atoms with Crippen molar-refractivity contribution < 1.29 is 27.7 Å². The molecule has 11 nitrogen and oxygen atoms in total. The number of nitrogens with zero attached hydrogens (tertiary/aromatic N) is 3. The van der Waals surface area contributed by atoms with E-state index in [1.165, 1.54) is 4.90 Å². The zero-order valence-corrected chi connectivity index (χ0v) is 20.3. The Hall–Kier alpha value is -3.54. The van der Waals surface area contributed by atoms with Crippen LogP contribution in [0.1, 0.15) is 43.1 Å². The molecule has 34 heavy (non-hydrogen) atoms. The molecule has 0 fully saturated rings. The first-order valence-corrected chi connectivity index (χ1v) is 12.3. The minimum absolute atomic E-state index is 0.141. The van der Waals surface area contributed by atoms with Crippen molar-refractivity contribution in [1.29, 1.82) is 0 Å². The molecule has 12 heteroatoms. The summed E-state index contributed by atoms with van der Waals surface area (Å²) in [6.07, 6.45) is 4.01. The van der Waals surface area contributed by atoms with Crippen LogP contribution in [0.3, 0.4) is 0 Å². The molecular weight excluding hydrogens is 464 g/mol. The molecule has 0 atom stereocenters. The lowest BCUT2D eigenvalue weighted by Crippen LogP contribution is -2.38. The van der Waals surface area contributed by atoms with Crippen LogP contribution in [0.4, 0.5) is 10.5 Å². The van der Waals surface area contributed by atoms with Crippen molar-refractivity contribution in [2.75, 3.05) is 19.3 Å². The van der Waals surface area contributed by atoms with E-state index in [4.69, 9.17) is 4.74 Å². The molecule has 2 rings (SSSR count). The van der Waals surface area contributed by atoms with Gasteiger partial charge in [-0.25, -0.2) is 13.2 Å². The van der Waals surface area contributed by atoms with Gasteiger partial charge in [-0.05, 0) is 44.9 Å². The maximum Gasteiger partial charge on any atom is 0.410 e. The van der Waals surface area contributed by atoms with Crippen LogP contribution in [-0.4, -0.2) is 60.2 Å². The van der Waals surface area contributed by atoms with E-state index in [1.807, 2.05) is 6.07 Å². The fraction of sp³-hybridized carbons (Fsp3) is 0.409. The van der Waals surface area contributed by atoms with Crippen molar-refractivity contribution >= 4 is 27.5 Å². The molecule has 184 valence electrons. The van der Waals surface area contributed by atoms with Gasteiger partial charge in [-0.1, -0.05) is 6.07 Å². The van der Waals surface area contributed by atoms with Crippen LogP contribution in [0, 0.1) is 10.1 Å². The Morgan fingerprint density at radius 2 is 1.94 bits per heavy atom. The second kappa shape index (κ2) is 11.1. The molecule has 1 N–H and O–H groups in total. The number of aromatic nitrogens is 1. The second-order valence-corrected chi connectivity index (χ2v) is 10.6. The van der Waals surface area contributed by atoms with E-state index in [1.54, 1.807) is 39.2 Å². The highest BCUT2D eigenvalue weighted by atomic mass is 32.2. The van der Waals surface area contributed by atoms with Crippen molar-refractivity contribution in [3.63, 3.8) is 0 Å². The Labute approximate surface area is 198 Å². The van der Waals surface area contributed by atoms with Gasteiger partial charge in [-0.3, -0.25) is 19.9 Å². The summed E-state index contributed by atoms with van der Waals surface area (Å²) in [6, 6.07) is 6.59. The number of non-ortho nitro benzene ring substituents is 1. The van der Waals surface area contributed by atoms with Crippen molar-refractivity contribution in [2.24, 2.45) is 0 Å². The number of ether oxygens (including phenoxy) is 1. The Morgan fingerprint density at radius 1 is 1.24 bits per heavy atom. The Bertz CT molecular complexity index is 1150. The van der Waals surface area contributed by atoms with Crippen LogP contribution in [-0.2, 0) is 21.1 Å². The minimum Gasteiger partial charge on any atom is -0.444 e. The molecule has 0 aliphatic rings. The SMILES string of the molecule is CC(C)(C)OC(=O)N(CCCNC(=O)c1cc([N+](=O)[O-])cc(S(C)(=O)=O)c1)Cc1cccnc1. The highest BCUT2D eigenvalue weighted by molar-refractivity contribution is 7.90. The predicted molar refractivity (Wildman–Crippen MR) is 124 cm³/mol. The maximum atomic E-state index is 12.6. The van der Waals surface area contributed by atoms with Crippen molar-refractivity contribution in [1.82, 2.24) is 15.2 Å². The van der Waals surface area contributed by atoms with Gasteiger partial charge in [0.05, 0.1) is 16.4 Å². The van der Waals surface area contributed by atoms with Crippen molar-refractivity contribution in [3.05, 3.63) is 64.0 Å². The summed E-state index contributed by atoms with van der Waals surface area (Å²) in [6.45, 7) is 5.94. The molecular formula is C22H28N4O7S. The molecule has 1 heterocycles. The van der Waals surface area contributed by atoms with E-state index < -0.39 is 38.0 Å². The largest absolute Gasteiger partial charge is 0.444 e. The highest BCUT2D eigenvalue weighted by Gasteiger charge is 2.23. The molecule has 0 saturated carbocycles. The smallest absolute Gasteiger partial charge is 0.410 e. The van der Waals surface area contributed by atoms with Gasteiger partial charge < -0.3 is 15.0 Å². The number of pyridine rings is 1. The third kappa shape index (κ3) is 8.43. The number of benzene rings is 1. The number of rotatable bonds is 9. The Kier molecular flexibility index (Phi) is 8.68. The standard InChI is InChI=1S/C22H28N4O7S/c1-22(2,3)33-21(28)25(15-16-7-5-8-23-14-16)10-6-9-24-20(27)17-11-18(26(29)30)13-19(12-17)34(4,31)32/h5,7-8,11-14H,6,9-10,15H2,1-4H3,(H,24,27). The molecule has 0 saturated heterocycles. The molecule has 0 spiro atoms. The van der Waals surface area contributed by atoms with Gasteiger partial charge in [0.1, 0.15) is 5.60 Å². The van der Waals surface area contributed by atoms with Crippen LogP contribution in [0.25, 0.3) is 0 Å². The van der Waals surface area contributed by atoms with Crippen LogP contribution in [0.5, 0.6) is 0 Å². The van der Waals surface area contributed by atoms with Gasteiger partial charge in [-0.2, -0.15) is 0 Å². The number of nitro benzene ring substituents is 1. The normalized spacial score (nSPS) is 11.5. The molecule has 0 aliphatic heterocycles. The van der Waals surface area contributed by atoms with E-state index in [0.717, 1.165) is 30.0 Å². The van der Waals surface area contributed by atoms with Gasteiger partial charge in [0, 0.05) is 49.4 Å². The predicted octanol–water partition coefficient (Wildman–Crippen LogP) is 2.95. The summed E-state index contributed by atoms with van der Waals surface area (Å²) in [7, 11) is -3.75. The molecule has 0 radical (unpaired) electrons. The highest BCUT2D eigenvalue weighted by Crippen LogP contribution is 2.21. The van der Waals surface area contributed by atoms with Crippen molar-refractivity contribution in [3.8, 4) is 0 Å². The second-order valence-electron chi connectivity index (χ2n) is 8.62. The topological polar surface area (TPSA) is 149 Å². The molecule has 0 bridgehead atoms. The third-order valence-corrected chi connectivity index (χ3v) is 5.52. The summed E-state index contributed by atoms with van der Waals surface area (Å²) in [4.78, 5) is 40.7. The van der Waals surface area contributed by atoms with Crippen molar-refractivity contribution in [2.45, 2.75) is 44.2 Å². The summed E-state index contributed by atoms with van der Waals surface area (Å²) >= 11 is 0.